The number of hydrogen-bond donors (Lipinski definition) is 1. The smallest absolute Gasteiger partial charge is 0.133 e. The molecule has 0 fully saturated rings. The molecule has 1 N–H and O–H groups in total. The molecule has 0 aliphatic rings. The number of rotatable bonds is 5. The van der Waals surface area contributed by atoms with E-state index in [1.807, 2.05) is 18.2 Å². The number of hydrogen-bond acceptors (Lipinski definition) is 3. The van der Waals surface area contributed by atoms with Crippen molar-refractivity contribution in [1.82, 2.24) is 0 Å². The van der Waals surface area contributed by atoms with Gasteiger partial charge < -0.3 is 14.6 Å². The summed E-state index contributed by atoms with van der Waals surface area (Å²) in [5.41, 5.74) is 0.192. The van der Waals surface area contributed by atoms with E-state index in [0.717, 1.165) is 15.8 Å². The van der Waals surface area contributed by atoms with Crippen molar-refractivity contribution in [2.75, 3.05) is 20.8 Å². The number of halogens is 1. The lowest BCUT2D eigenvalue weighted by Gasteiger charge is -2.22. The average molecular weight is 289 g/mol. The Labute approximate surface area is 105 Å². The van der Waals surface area contributed by atoms with Gasteiger partial charge >= 0.3 is 0 Å². The zero-order valence-corrected chi connectivity index (χ0v) is 11.4. The van der Waals surface area contributed by atoms with Crippen LogP contribution in [-0.4, -0.2) is 31.5 Å². The van der Waals surface area contributed by atoms with Gasteiger partial charge in [-0.25, -0.2) is 0 Å². The van der Waals surface area contributed by atoms with E-state index in [4.69, 9.17) is 9.47 Å². The van der Waals surface area contributed by atoms with Crippen molar-refractivity contribution >= 4 is 15.9 Å². The highest BCUT2D eigenvalue weighted by Crippen LogP contribution is 2.27. The summed E-state index contributed by atoms with van der Waals surface area (Å²) < 4.78 is 11.0. The minimum atomic E-state index is -0.844. The van der Waals surface area contributed by atoms with Crippen molar-refractivity contribution < 1.29 is 14.6 Å². The maximum Gasteiger partial charge on any atom is 0.133 e. The van der Waals surface area contributed by atoms with Crippen LogP contribution < -0.4 is 4.74 Å². The van der Waals surface area contributed by atoms with Crippen LogP contribution in [0.3, 0.4) is 0 Å². The fourth-order valence-electron chi connectivity index (χ4n) is 1.62. The average Bonchev–Trinajstić information content (AvgIpc) is 2.17. The van der Waals surface area contributed by atoms with Crippen LogP contribution in [0.4, 0.5) is 0 Å². The summed E-state index contributed by atoms with van der Waals surface area (Å²) in [6.45, 7) is 2.07. The molecule has 0 heterocycles. The highest BCUT2D eigenvalue weighted by Gasteiger charge is 2.21. The van der Waals surface area contributed by atoms with Crippen LogP contribution in [-0.2, 0) is 11.2 Å². The quantitative estimate of drug-likeness (QED) is 0.904. The van der Waals surface area contributed by atoms with Crippen LogP contribution >= 0.6 is 15.9 Å². The zero-order valence-electron chi connectivity index (χ0n) is 9.79. The van der Waals surface area contributed by atoms with Crippen LogP contribution in [0.15, 0.2) is 22.7 Å². The van der Waals surface area contributed by atoms with Crippen molar-refractivity contribution in [3.05, 3.63) is 28.2 Å². The van der Waals surface area contributed by atoms with Crippen LogP contribution in [0.2, 0.25) is 0 Å². The normalized spacial score (nSPS) is 14.6. The number of methoxy groups -OCH3 is 2. The molecule has 0 aliphatic heterocycles. The van der Waals surface area contributed by atoms with Crippen LogP contribution in [0.25, 0.3) is 0 Å². The second-order valence-electron chi connectivity index (χ2n) is 4.08. The summed E-state index contributed by atoms with van der Waals surface area (Å²) in [5, 5.41) is 10.0. The van der Waals surface area contributed by atoms with Gasteiger partial charge in [0.2, 0.25) is 0 Å². The number of benzene rings is 1. The molecule has 0 aromatic heterocycles. The Kier molecular flexibility index (Phi) is 4.77. The van der Waals surface area contributed by atoms with Gasteiger partial charge in [-0.2, -0.15) is 0 Å². The largest absolute Gasteiger partial charge is 0.496 e. The van der Waals surface area contributed by atoms with Gasteiger partial charge in [0.05, 0.1) is 23.8 Å². The van der Waals surface area contributed by atoms with E-state index in [2.05, 4.69) is 15.9 Å². The Hall–Kier alpha value is -0.580. The molecule has 1 aromatic rings. The van der Waals surface area contributed by atoms with E-state index in [1.165, 1.54) is 0 Å². The monoisotopic (exact) mass is 288 g/mol. The van der Waals surface area contributed by atoms with E-state index < -0.39 is 5.60 Å². The topological polar surface area (TPSA) is 38.7 Å². The summed E-state index contributed by atoms with van der Waals surface area (Å²) in [6, 6.07) is 5.76. The fourth-order valence-corrected chi connectivity index (χ4v) is 2.21. The Balaban J connectivity index is 2.78. The Morgan fingerprint density at radius 3 is 2.56 bits per heavy atom. The molecule has 90 valence electrons. The predicted octanol–water partition coefficient (Wildman–Crippen LogP) is 2.40. The Morgan fingerprint density at radius 2 is 2.06 bits per heavy atom. The van der Waals surface area contributed by atoms with Gasteiger partial charge in [-0.1, -0.05) is 6.07 Å². The first-order chi connectivity index (χ1) is 7.48. The first-order valence-corrected chi connectivity index (χ1v) is 5.81. The van der Waals surface area contributed by atoms with E-state index in [9.17, 15) is 5.11 Å². The third kappa shape index (κ3) is 3.77. The lowest BCUT2D eigenvalue weighted by molar-refractivity contribution is -0.0161. The first-order valence-electron chi connectivity index (χ1n) is 5.02. The number of ether oxygens (including phenoxy) is 2. The molecule has 16 heavy (non-hydrogen) atoms. The van der Waals surface area contributed by atoms with Crippen molar-refractivity contribution in [1.29, 1.82) is 0 Å². The summed E-state index contributed by atoms with van der Waals surface area (Å²) in [4.78, 5) is 0. The molecular formula is C12H17BrO3. The summed E-state index contributed by atoms with van der Waals surface area (Å²) in [6.07, 6.45) is 0.545. The SMILES string of the molecule is COCC(C)(O)Cc1ccc(OC)c(Br)c1. The molecule has 3 nitrogen and oxygen atoms in total. The molecule has 1 atom stereocenters. The molecule has 0 amide bonds. The van der Waals surface area contributed by atoms with Crippen molar-refractivity contribution in [3.8, 4) is 5.75 Å². The maximum atomic E-state index is 10.0. The molecule has 0 radical (unpaired) electrons. The molecule has 0 saturated carbocycles. The lowest BCUT2D eigenvalue weighted by atomic mass is 9.97. The van der Waals surface area contributed by atoms with Gasteiger partial charge in [0.15, 0.2) is 0 Å². The highest BCUT2D eigenvalue weighted by molar-refractivity contribution is 9.10. The van der Waals surface area contributed by atoms with Crippen LogP contribution in [0.1, 0.15) is 12.5 Å². The van der Waals surface area contributed by atoms with E-state index in [0.29, 0.717) is 13.0 Å². The van der Waals surface area contributed by atoms with Crippen LogP contribution in [0, 0.1) is 0 Å². The molecule has 4 heteroatoms. The van der Waals surface area contributed by atoms with Crippen molar-refractivity contribution in [3.63, 3.8) is 0 Å². The minimum Gasteiger partial charge on any atom is -0.496 e. The molecule has 1 rings (SSSR count). The molecule has 0 spiro atoms. The number of aliphatic hydroxyl groups is 1. The van der Waals surface area contributed by atoms with E-state index in [1.54, 1.807) is 21.1 Å². The predicted molar refractivity (Wildman–Crippen MR) is 66.9 cm³/mol. The van der Waals surface area contributed by atoms with Crippen LogP contribution in [0.5, 0.6) is 5.75 Å². The molecule has 0 saturated heterocycles. The van der Waals surface area contributed by atoms with Gasteiger partial charge in [0, 0.05) is 13.5 Å². The second-order valence-corrected chi connectivity index (χ2v) is 4.93. The van der Waals surface area contributed by atoms with E-state index >= 15 is 0 Å². The Morgan fingerprint density at radius 1 is 1.38 bits per heavy atom. The third-order valence-electron chi connectivity index (χ3n) is 2.26. The second kappa shape index (κ2) is 5.66. The first kappa shape index (κ1) is 13.5. The van der Waals surface area contributed by atoms with Gasteiger partial charge in [0.25, 0.3) is 0 Å². The molecule has 0 aliphatic carbocycles. The standard InChI is InChI=1S/C12H17BrO3/c1-12(14,8-15-2)7-9-4-5-11(16-3)10(13)6-9/h4-6,14H,7-8H2,1-3H3. The summed E-state index contributed by atoms with van der Waals surface area (Å²) in [5.74, 6) is 0.787. The van der Waals surface area contributed by atoms with Gasteiger partial charge in [0.1, 0.15) is 5.75 Å². The summed E-state index contributed by atoms with van der Waals surface area (Å²) >= 11 is 3.42. The molecule has 1 unspecified atom stereocenters. The van der Waals surface area contributed by atoms with Gasteiger partial charge in [-0.05, 0) is 40.5 Å². The Bertz CT molecular complexity index is 350. The molecular weight excluding hydrogens is 272 g/mol. The fraction of sp³-hybridized carbons (Fsp3) is 0.500. The zero-order chi connectivity index (χ0) is 12.2. The minimum absolute atomic E-state index is 0.316. The third-order valence-corrected chi connectivity index (χ3v) is 2.88. The maximum absolute atomic E-state index is 10.0. The van der Waals surface area contributed by atoms with E-state index in [-0.39, 0.29) is 0 Å². The molecule has 0 bridgehead atoms. The lowest BCUT2D eigenvalue weighted by Crippen LogP contribution is -2.32. The molecule has 1 aromatic carbocycles. The van der Waals surface area contributed by atoms with Gasteiger partial charge in [-0.3, -0.25) is 0 Å². The van der Waals surface area contributed by atoms with Crippen molar-refractivity contribution in [2.45, 2.75) is 18.9 Å². The van der Waals surface area contributed by atoms with Crippen molar-refractivity contribution in [2.24, 2.45) is 0 Å². The highest BCUT2D eigenvalue weighted by atomic mass is 79.9. The van der Waals surface area contributed by atoms with Gasteiger partial charge in [-0.15, -0.1) is 0 Å². The summed E-state index contributed by atoms with van der Waals surface area (Å²) in [7, 11) is 3.21.